The van der Waals surface area contributed by atoms with Gasteiger partial charge in [0.05, 0.1) is 30.8 Å². The third-order valence-corrected chi connectivity index (χ3v) is 9.16. The van der Waals surface area contributed by atoms with Crippen LogP contribution in [0.4, 0.5) is 19.0 Å². The topological polar surface area (TPSA) is 88.8 Å². The summed E-state index contributed by atoms with van der Waals surface area (Å²) in [5, 5.41) is 9.49. The van der Waals surface area contributed by atoms with Gasteiger partial charge in [-0.25, -0.2) is 0 Å². The number of amides is 1. The third-order valence-electron chi connectivity index (χ3n) is 9.16. The summed E-state index contributed by atoms with van der Waals surface area (Å²) in [6.45, 7) is 5.73. The molecule has 1 amide bonds. The van der Waals surface area contributed by atoms with Crippen LogP contribution in [0, 0.1) is 11.3 Å². The van der Waals surface area contributed by atoms with Crippen LogP contribution in [0.3, 0.4) is 0 Å². The molecule has 3 atom stereocenters. The molecule has 12 heteroatoms. The molecule has 0 saturated carbocycles. The Kier molecular flexibility index (Phi) is 8.29. The van der Waals surface area contributed by atoms with Gasteiger partial charge in [-0.3, -0.25) is 14.6 Å². The summed E-state index contributed by atoms with van der Waals surface area (Å²) in [5.41, 5.74) is 4.54. The fraction of sp³-hybridized carbons (Fsp3) is 0.548. The lowest BCUT2D eigenvalue weighted by Crippen LogP contribution is -2.55. The zero-order valence-corrected chi connectivity index (χ0v) is 24.1. The van der Waals surface area contributed by atoms with Crippen molar-refractivity contribution in [1.29, 1.82) is 5.26 Å². The normalized spacial score (nSPS) is 24.1. The average molecular weight is 596 g/mol. The Hall–Kier alpha value is -3.69. The maximum atomic E-state index is 13.1. The highest BCUT2D eigenvalue weighted by atomic mass is 19.4. The molecule has 0 spiro atoms. The van der Waals surface area contributed by atoms with E-state index in [-0.39, 0.29) is 43.1 Å². The quantitative estimate of drug-likeness (QED) is 0.424. The van der Waals surface area contributed by atoms with E-state index in [9.17, 15) is 23.2 Å². The number of ether oxygens (including phenoxy) is 1. The molecule has 2 aromatic rings. The number of likely N-dealkylation sites (tertiary alicyclic amines) is 1. The number of piperazine rings is 1. The summed E-state index contributed by atoms with van der Waals surface area (Å²) in [7, 11) is 0. The average Bonchev–Trinajstić information content (AvgIpc) is 3.72. The number of nitriles is 1. The molecule has 6 rings (SSSR count). The van der Waals surface area contributed by atoms with E-state index in [0.717, 1.165) is 24.1 Å². The molecule has 9 nitrogen and oxygen atoms in total. The van der Waals surface area contributed by atoms with Crippen LogP contribution in [0.2, 0.25) is 0 Å². The number of carbonyl (C=O) groups excluding carboxylic acids is 1. The fourth-order valence-electron chi connectivity index (χ4n) is 7.13. The maximum Gasteiger partial charge on any atom is 0.401 e. The van der Waals surface area contributed by atoms with E-state index in [2.05, 4.69) is 46.7 Å². The molecule has 4 heterocycles. The Labute approximate surface area is 249 Å². The summed E-state index contributed by atoms with van der Waals surface area (Å²) in [6.07, 6.45) is 0.529. The Morgan fingerprint density at radius 3 is 2.77 bits per heavy atom. The first-order valence-electron chi connectivity index (χ1n) is 14.9. The van der Waals surface area contributed by atoms with Crippen molar-refractivity contribution in [1.82, 2.24) is 24.7 Å². The number of hydrogen-bond acceptors (Lipinski definition) is 8. The number of hydrogen-bond donors (Lipinski definition) is 0. The molecule has 0 N–H and O–H groups in total. The van der Waals surface area contributed by atoms with Crippen molar-refractivity contribution in [2.75, 3.05) is 44.2 Å². The van der Waals surface area contributed by atoms with Crippen LogP contribution >= 0.6 is 0 Å². The van der Waals surface area contributed by atoms with Crippen LogP contribution in [-0.4, -0.2) is 88.2 Å². The predicted molar refractivity (Wildman–Crippen MR) is 153 cm³/mol. The van der Waals surface area contributed by atoms with Gasteiger partial charge in [-0.1, -0.05) is 30.8 Å². The summed E-state index contributed by atoms with van der Waals surface area (Å²) in [4.78, 5) is 29.7. The predicted octanol–water partition coefficient (Wildman–Crippen LogP) is 4.00. The molecule has 4 aliphatic rings. The van der Waals surface area contributed by atoms with Gasteiger partial charge in [-0.05, 0) is 49.4 Å². The van der Waals surface area contributed by atoms with Gasteiger partial charge in [0.25, 0.3) is 0 Å². The van der Waals surface area contributed by atoms with Gasteiger partial charge in [0.15, 0.2) is 0 Å². The smallest absolute Gasteiger partial charge is 0.401 e. The molecular formula is C31H36F3N7O2. The lowest BCUT2D eigenvalue weighted by molar-refractivity contribution is -0.148. The minimum atomic E-state index is -4.27. The molecule has 2 fully saturated rings. The molecule has 2 saturated heterocycles. The largest absolute Gasteiger partial charge is 0.462 e. The number of aromatic nitrogens is 2. The minimum Gasteiger partial charge on any atom is -0.462 e. The van der Waals surface area contributed by atoms with Crippen LogP contribution in [0.15, 0.2) is 36.9 Å². The van der Waals surface area contributed by atoms with Crippen molar-refractivity contribution in [3.63, 3.8) is 0 Å². The maximum absolute atomic E-state index is 13.1. The first-order valence-corrected chi connectivity index (χ1v) is 14.9. The van der Waals surface area contributed by atoms with Crippen molar-refractivity contribution in [3.8, 4) is 12.1 Å². The number of anilines is 1. The van der Waals surface area contributed by atoms with Crippen LogP contribution in [-0.2, 0) is 24.3 Å². The number of rotatable bonds is 8. The Bertz CT molecular complexity index is 1410. The number of nitrogens with zero attached hydrogens (tertiary/aromatic N) is 7. The van der Waals surface area contributed by atoms with Gasteiger partial charge in [-0.2, -0.15) is 28.4 Å². The molecule has 3 aliphatic heterocycles. The summed E-state index contributed by atoms with van der Waals surface area (Å²) in [6, 6.07) is 10.4. The number of aryl methyl sites for hydroxylation is 1. The minimum absolute atomic E-state index is 0.0761. The van der Waals surface area contributed by atoms with Gasteiger partial charge in [0, 0.05) is 50.4 Å². The highest BCUT2D eigenvalue weighted by molar-refractivity contribution is 5.87. The number of carbonyl (C=O) groups is 1. The van der Waals surface area contributed by atoms with E-state index in [1.165, 1.54) is 22.1 Å². The first-order chi connectivity index (χ1) is 20.7. The molecule has 1 unspecified atom stereocenters. The second-order valence-corrected chi connectivity index (χ2v) is 11.8. The van der Waals surface area contributed by atoms with Crippen molar-refractivity contribution in [2.45, 2.75) is 69.5 Å². The van der Waals surface area contributed by atoms with E-state index in [1.807, 2.05) is 0 Å². The van der Waals surface area contributed by atoms with Crippen molar-refractivity contribution >= 4 is 11.7 Å². The second kappa shape index (κ2) is 12.1. The number of halogens is 3. The summed E-state index contributed by atoms with van der Waals surface area (Å²) < 4.78 is 45.4. The van der Waals surface area contributed by atoms with Gasteiger partial charge in [-0.15, -0.1) is 0 Å². The highest BCUT2D eigenvalue weighted by Crippen LogP contribution is 2.42. The zero-order chi connectivity index (χ0) is 30.1. The van der Waals surface area contributed by atoms with Crippen molar-refractivity contribution < 1.29 is 22.7 Å². The molecule has 1 aliphatic carbocycles. The molecule has 228 valence electrons. The van der Waals surface area contributed by atoms with Crippen molar-refractivity contribution in [2.24, 2.45) is 0 Å². The lowest BCUT2D eigenvalue weighted by Gasteiger charge is -2.41. The molecular weight excluding hydrogens is 559 g/mol. The number of benzene rings is 1. The Morgan fingerprint density at radius 2 is 1.98 bits per heavy atom. The fourth-order valence-corrected chi connectivity index (χ4v) is 7.13. The molecule has 0 radical (unpaired) electrons. The van der Waals surface area contributed by atoms with E-state index in [4.69, 9.17) is 14.7 Å². The van der Waals surface area contributed by atoms with Gasteiger partial charge in [0.1, 0.15) is 12.4 Å². The van der Waals surface area contributed by atoms with E-state index < -0.39 is 12.7 Å². The lowest BCUT2D eigenvalue weighted by atomic mass is 10.1. The van der Waals surface area contributed by atoms with Crippen LogP contribution in [0.1, 0.15) is 54.1 Å². The van der Waals surface area contributed by atoms with Gasteiger partial charge >= 0.3 is 12.2 Å². The molecule has 43 heavy (non-hydrogen) atoms. The van der Waals surface area contributed by atoms with Crippen molar-refractivity contribution in [3.05, 3.63) is 59.3 Å². The SMILES string of the molecule is C=CC(=O)N1CCN(c2nc(OC[C@@H]3CCCN3CC(F)(F)F)nc3c2CN(C2CCc4ccccc42)C3)C[C@@H]1CC#N. The first kappa shape index (κ1) is 29.4. The summed E-state index contributed by atoms with van der Waals surface area (Å²) >= 11 is 0. The summed E-state index contributed by atoms with van der Waals surface area (Å²) in [5.74, 6) is 0.504. The molecule has 1 aromatic carbocycles. The van der Waals surface area contributed by atoms with Crippen LogP contribution in [0.25, 0.3) is 0 Å². The van der Waals surface area contributed by atoms with Gasteiger partial charge < -0.3 is 14.5 Å². The monoisotopic (exact) mass is 595 g/mol. The Balaban J connectivity index is 1.27. The molecule has 1 aromatic heterocycles. The van der Waals surface area contributed by atoms with E-state index in [0.29, 0.717) is 57.9 Å². The van der Waals surface area contributed by atoms with Crippen LogP contribution < -0.4 is 9.64 Å². The van der Waals surface area contributed by atoms with Gasteiger partial charge in [0.2, 0.25) is 5.91 Å². The van der Waals surface area contributed by atoms with Crippen LogP contribution in [0.5, 0.6) is 6.01 Å². The highest BCUT2D eigenvalue weighted by Gasteiger charge is 2.39. The Morgan fingerprint density at radius 1 is 1.14 bits per heavy atom. The molecule has 0 bridgehead atoms. The number of alkyl halides is 3. The standard InChI is InChI=1S/C31H36F3N7O2/c1-2-28(42)41-15-14-38(16-22(41)11-12-35)29-25-17-40(27-10-9-21-6-3-4-8-24(21)27)18-26(25)36-30(37-29)43-19-23-7-5-13-39(23)20-31(32,33)34/h2-4,6,8,22-23,27H,1,5,7,9-11,13-20H2/t22-,23-,27?/m0/s1. The third kappa shape index (κ3) is 6.19. The van der Waals surface area contributed by atoms with E-state index >= 15 is 0 Å². The second-order valence-electron chi connectivity index (χ2n) is 11.8. The zero-order valence-electron chi connectivity index (χ0n) is 24.1. The number of fused-ring (bicyclic) bond motifs is 2. The van der Waals surface area contributed by atoms with E-state index in [1.54, 1.807) is 4.90 Å².